The van der Waals surface area contributed by atoms with Gasteiger partial charge < -0.3 is 10.2 Å². The van der Waals surface area contributed by atoms with Crippen molar-refractivity contribution in [3.05, 3.63) is 41.6 Å². The van der Waals surface area contributed by atoms with Crippen molar-refractivity contribution in [2.75, 3.05) is 23.8 Å². The van der Waals surface area contributed by atoms with E-state index in [0.29, 0.717) is 5.95 Å². The molecular weight excluding hydrogens is 262 g/mol. The predicted octanol–water partition coefficient (Wildman–Crippen LogP) is 3.03. The third-order valence-corrected chi connectivity index (χ3v) is 3.33. The van der Waals surface area contributed by atoms with Gasteiger partial charge in [-0.1, -0.05) is 43.2 Å². The van der Waals surface area contributed by atoms with Crippen LogP contribution in [0.3, 0.4) is 0 Å². The van der Waals surface area contributed by atoms with Crippen LogP contribution in [0.2, 0.25) is 0 Å². The molecule has 0 saturated heterocycles. The Morgan fingerprint density at radius 2 is 1.95 bits per heavy atom. The molecule has 0 radical (unpaired) electrons. The van der Waals surface area contributed by atoms with Crippen molar-refractivity contribution in [2.45, 2.75) is 33.2 Å². The predicted molar refractivity (Wildman–Crippen MR) is 86.5 cm³/mol. The number of unbranched alkanes of at least 4 members (excludes halogenated alkanes) is 1. The molecule has 5 heteroatoms. The van der Waals surface area contributed by atoms with Gasteiger partial charge >= 0.3 is 0 Å². The summed E-state index contributed by atoms with van der Waals surface area (Å²) in [6.45, 7) is 5.94. The molecule has 5 nitrogen and oxygen atoms in total. The molecule has 112 valence electrons. The average Bonchev–Trinajstić information content (AvgIpc) is 2.52. The van der Waals surface area contributed by atoms with Crippen LogP contribution < -0.4 is 10.2 Å². The SMILES string of the molecule is CCCCN(C)c1nncc(NCc2ccc(C)cc2)n1. The second kappa shape index (κ2) is 7.57. The second-order valence-corrected chi connectivity index (χ2v) is 5.26. The number of hydrogen-bond donors (Lipinski definition) is 1. The smallest absolute Gasteiger partial charge is 0.247 e. The van der Waals surface area contributed by atoms with E-state index < -0.39 is 0 Å². The number of rotatable bonds is 7. The van der Waals surface area contributed by atoms with Crippen LogP contribution in [0.25, 0.3) is 0 Å². The molecule has 1 aromatic heterocycles. The molecule has 1 N–H and O–H groups in total. The standard InChI is InChI=1S/C16H23N5/c1-4-5-10-21(3)16-19-15(12-18-20-16)17-11-14-8-6-13(2)7-9-14/h6-9,12H,4-5,10-11H2,1-3H3,(H,17,19,20). The first-order chi connectivity index (χ1) is 10.2. The number of anilines is 2. The number of nitrogens with one attached hydrogen (secondary N) is 1. The number of hydrogen-bond acceptors (Lipinski definition) is 5. The van der Waals surface area contributed by atoms with E-state index in [1.807, 2.05) is 11.9 Å². The van der Waals surface area contributed by atoms with Gasteiger partial charge in [0, 0.05) is 20.1 Å². The lowest BCUT2D eigenvalue weighted by Gasteiger charge is -2.16. The van der Waals surface area contributed by atoms with Gasteiger partial charge in [-0.25, -0.2) is 0 Å². The van der Waals surface area contributed by atoms with Crippen molar-refractivity contribution >= 4 is 11.8 Å². The van der Waals surface area contributed by atoms with E-state index in [1.54, 1.807) is 6.20 Å². The summed E-state index contributed by atoms with van der Waals surface area (Å²) < 4.78 is 0. The molecule has 0 spiro atoms. The number of aryl methyl sites for hydroxylation is 1. The first kappa shape index (κ1) is 15.2. The van der Waals surface area contributed by atoms with E-state index in [4.69, 9.17) is 0 Å². The number of benzene rings is 1. The molecule has 0 atom stereocenters. The molecule has 0 unspecified atom stereocenters. The van der Waals surface area contributed by atoms with Crippen LogP contribution in [0.4, 0.5) is 11.8 Å². The quantitative estimate of drug-likeness (QED) is 0.847. The Hall–Kier alpha value is -2.17. The highest BCUT2D eigenvalue weighted by Crippen LogP contribution is 2.10. The topological polar surface area (TPSA) is 53.9 Å². The Bertz CT molecular complexity index is 553. The molecule has 0 aliphatic rings. The van der Waals surface area contributed by atoms with Crippen LogP contribution in [-0.4, -0.2) is 28.8 Å². The maximum absolute atomic E-state index is 4.50. The Kier molecular flexibility index (Phi) is 5.49. The monoisotopic (exact) mass is 285 g/mol. The molecule has 2 aromatic rings. The maximum atomic E-state index is 4.50. The van der Waals surface area contributed by atoms with Gasteiger partial charge in [0.05, 0.1) is 6.20 Å². The van der Waals surface area contributed by atoms with E-state index in [2.05, 4.69) is 58.6 Å². The van der Waals surface area contributed by atoms with Gasteiger partial charge in [0.1, 0.15) is 0 Å². The number of nitrogens with zero attached hydrogens (tertiary/aromatic N) is 4. The molecule has 0 amide bonds. The zero-order chi connectivity index (χ0) is 15.1. The molecule has 2 rings (SSSR count). The number of aromatic nitrogens is 3. The minimum absolute atomic E-state index is 0.664. The summed E-state index contributed by atoms with van der Waals surface area (Å²) in [6, 6.07) is 8.45. The lowest BCUT2D eigenvalue weighted by atomic mass is 10.1. The van der Waals surface area contributed by atoms with Gasteiger partial charge in [-0.3, -0.25) is 0 Å². The van der Waals surface area contributed by atoms with Crippen molar-refractivity contribution in [1.29, 1.82) is 0 Å². The van der Waals surface area contributed by atoms with Crippen LogP contribution in [0.5, 0.6) is 0 Å². The van der Waals surface area contributed by atoms with Crippen molar-refractivity contribution < 1.29 is 0 Å². The second-order valence-electron chi connectivity index (χ2n) is 5.26. The van der Waals surface area contributed by atoms with Crippen molar-refractivity contribution in [3.8, 4) is 0 Å². The van der Waals surface area contributed by atoms with Crippen molar-refractivity contribution in [1.82, 2.24) is 15.2 Å². The van der Waals surface area contributed by atoms with E-state index in [9.17, 15) is 0 Å². The molecule has 0 aliphatic carbocycles. The van der Waals surface area contributed by atoms with Gasteiger partial charge in [0.25, 0.3) is 0 Å². The summed E-state index contributed by atoms with van der Waals surface area (Å²) >= 11 is 0. The van der Waals surface area contributed by atoms with Gasteiger partial charge in [-0.2, -0.15) is 10.1 Å². The van der Waals surface area contributed by atoms with Crippen LogP contribution in [0.15, 0.2) is 30.5 Å². The lowest BCUT2D eigenvalue weighted by Crippen LogP contribution is -2.21. The molecule has 0 fully saturated rings. The fourth-order valence-electron chi connectivity index (χ4n) is 1.93. The minimum Gasteiger partial charge on any atom is -0.365 e. The molecule has 0 saturated carbocycles. The average molecular weight is 285 g/mol. The molecule has 0 bridgehead atoms. The first-order valence-electron chi connectivity index (χ1n) is 7.39. The van der Waals surface area contributed by atoms with E-state index in [-0.39, 0.29) is 0 Å². The summed E-state index contributed by atoms with van der Waals surface area (Å²) in [6.07, 6.45) is 3.94. The summed E-state index contributed by atoms with van der Waals surface area (Å²) in [5.41, 5.74) is 2.49. The van der Waals surface area contributed by atoms with E-state index >= 15 is 0 Å². The van der Waals surface area contributed by atoms with Crippen LogP contribution in [0, 0.1) is 6.92 Å². The van der Waals surface area contributed by atoms with Gasteiger partial charge in [-0.15, -0.1) is 5.10 Å². The third-order valence-electron chi connectivity index (χ3n) is 3.33. The Morgan fingerprint density at radius 3 is 2.67 bits per heavy atom. The van der Waals surface area contributed by atoms with Crippen molar-refractivity contribution in [3.63, 3.8) is 0 Å². The first-order valence-corrected chi connectivity index (χ1v) is 7.39. The zero-order valence-corrected chi connectivity index (χ0v) is 13.0. The summed E-state index contributed by atoms with van der Waals surface area (Å²) in [7, 11) is 2.00. The van der Waals surface area contributed by atoms with E-state index in [0.717, 1.165) is 31.7 Å². The maximum Gasteiger partial charge on any atom is 0.247 e. The minimum atomic E-state index is 0.664. The van der Waals surface area contributed by atoms with Crippen LogP contribution >= 0.6 is 0 Å². The fraction of sp³-hybridized carbons (Fsp3) is 0.438. The van der Waals surface area contributed by atoms with Crippen LogP contribution in [-0.2, 0) is 6.54 Å². The Labute approximate surface area is 126 Å². The Morgan fingerprint density at radius 1 is 1.19 bits per heavy atom. The summed E-state index contributed by atoms with van der Waals surface area (Å²) in [5, 5.41) is 11.4. The highest BCUT2D eigenvalue weighted by molar-refractivity contribution is 5.39. The molecule has 1 heterocycles. The molecule has 0 aliphatic heterocycles. The zero-order valence-electron chi connectivity index (χ0n) is 13.0. The fourth-order valence-corrected chi connectivity index (χ4v) is 1.93. The van der Waals surface area contributed by atoms with Gasteiger partial charge in [0.2, 0.25) is 5.95 Å². The molecule has 1 aromatic carbocycles. The summed E-state index contributed by atoms with van der Waals surface area (Å²) in [5.74, 6) is 1.42. The van der Waals surface area contributed by atoms with Gasteiger partial charge in [-0.05, 0) is 18.9 Å². The van der Waals surface area contributed by atoms with E-state index in [1.165, 1.54) is 11.1 Å². The molecule has 21 heavy (non-hydrogen) atoms. The lowest BCUT2D eigenvalue weighted by molar-refractivity contribution is 0.740. The van der Waals surface area contributed by atoms with Gasteiger partial charge in [0.15, 0.2) is 5.82 Å². The normalized spacial score (nSPS) is 10.4. The Balaban J connectivity index is 1.95. The largest absolute Gasteiger partial charge is 0.365 e. The third kappa shape index (κ3) is 4.70. The van der Waals surface area contributed by atoms with Crippen LogP contribution in [0.1, 0.15) is 30.9 Å². The molecular formula is C16H23N5. The highest BCUT2D eigenvalue weighted by atomic mass is 15.3. The highest BCUT2D eigenvalue weighted by Gasteiger charge is 2.05. The van der Waals surface area contributed by atoms with Crippen molar-refractivity contribution in [2.24, 2.45) is 0 Å². The summed E-state index contributed by atoms with van der Waals surface area (Å²) in [4.78, 5) is 6.53.